The van der Waals surface area contributed by atoms with Crippen LogP contribution < -0.4 is 5.73 Å². The van der Waals surface area contributed by atoms with Crippen molar-refractivity contribution in [2.45, 2.75) is 5.03 Å². The van der Waals surface area contributed by atoms with Gasteiger partial charge in [0, 0.05) is 21.2 Å². The summed E-state index contributed by atoms with van der Waals surface area (Å²) in [6.07, 6.45) is 0. The van der Waals surface area contributed by atoms with Crippen molar-refractivity contribution >= 4 is 46.6 Å². The molecule has 0 aliphatic heterocycles. The smallest absolute Gasteiger partial charge is 0.173 e. The molecule has 0 aliphatic rings. The number of anilines is 1. The Morgan fingerprint density at radius 2 is 1.52 bits per heavy atom. The molecule has 0 spiro atoms. The number of hydrogen-bond acceptors (Lipinski definition) is 6. The van der Waals surface area contributed by atoms with Crippen LogP contribution in [0.2, 0.25) is 10.0 Å². The number of nitrogens with two attached hydrogens (primary N) is 1. The third kappa shape index (κ3) is 4.52. The van der Waals surface area contributed by atoms with E-state index >= 15 is 0 Å². The number of ketones is 1. The molecule has 8 heteroatoms. The second kappa shape index (κ2) is 8.98. The highest BCUT2D eigenvalue weighted by atomic mass is 35.5. The molecule has 0 atom stereocenters. The molecular weight excluding hydrogens is 427 g/mol. The van der Waals surface area contributed by atoms with Crippen molar-refractivity contribution in [2.24, 2.45) is 0 Å². The van der Waals surface area contributed by atoms with Crippen LogP contribution in [0.15, 0.2) is 53.6 Å². The van der Waals surface area contributed by atoms with Crippen molar-refractivity contribution in [3.63, 3.8) is 0 Å². The van der Waals surface area contributed by atoms with Gasteiger partial charge in [0.05, 0.1) is 11.3 Å². The van der Waals surface area contributed by atoms with Crippen LogP contribution >= 0.6 is 35.0 Å². The number of halogens is 2. The summed E-state index contributed by atoms with van der Waals surface area (Å²) in [5.74, 6) is -0.0967. The zero-order valence-corrected chi connectivity index (χ0v) is 17.1. The summed E-state index contributed by atoms with van der Waals surface area (Å²) in [5, 5.41) is 20.6. The van der Waals surface area contributed by atoms with Crippen molar-refractivity contribution in [3.8, 4) is 23.3 Å². The molecule has 0 amide bonds. The van der Waals surface area contributed by atoms with Gasteiger partial charge in [0.25, 0.3) is 0 Å². The molecule has 3 rings (SSSR count). The van der Waals surface area contributed by atoms with E-state index in [1.54, 1.807) is 48.5 Å². The number of rotatable bonds is 5. The number of carbonyl (C=O) groups excluding carboxylic acids is 1. The Morgan fingerprint density at radius 1 is 0.966 bits per heavy atom. The fourth-order valence-electron chi connectivity index (χ4n) is 2.66. The number of thioether (sulfide) groups is 1. The normalized spacial score (nSPS) is 10.2. The third-order valence-corrected chi connectivity index (χ3v) is 5.53. The lowest BCUT2D eigenvalue weighted by Gasteiger charge is -2.13. The van der Waals surface area contributed by atoms with E-state index in [9.17, 15) is 15.3 Å². The number of nitriles is 2. The van der Waals surface area contributed by atoms with Crippen LogP contribution in [0, 0.1) is 22.7 Å². The summed E-state index contributed by atoms with van der Waals surface area (Å²) in [7, 11) is 0. The van der Waals surface area contributed by atoms with E-state index in [4.69, 9.17) is 28.9 Å². The molecule has 142 valence electrons. The monoisotopic (exact) mass is 438 g/mol. The number of nitrogen functional groups attached to an aromatic ring is 1. The van der Waals surface area contributed by atoms with Gasteiger partial charge in [-0.15, -0.1) is 0 Å². The van der Waals surface area contributed by atoms with Crippen molar-refractivity contribution in [3.05, 3.63) is 75.3 Å². The Hall–Kier alpha value is -3.03. The molecule has 29 heavy (non-hydrogen) atoms. The van der Waals surface area contributed by atoms with Crippen molar-refractivity contribution in [1.82, 2.24) is 4.98 Å². The summed E-state index contributed by atoms with van der Waals surface area (Å²) < 4.78 is 0. The number of benzene rings is 2. The topological polar surface area (TPSA) is 104 Å². The van der Waals surface area contributed by atoms with Crippen LogP contribution in [0.1, 0.15) is 21.5 Å². The maximum absolute atomic E-state index is 12.5. The Balaban J connectivity index is 2.00. The van der Waals surface area contributed by atoms with Gasteiger partial charge in [0.15, 0.2) is 5.78 Å². The van der Waals surface area contributed by atoms with Crippen LogP contribution in [-0.2, 0) is 0 Å². The standard InChI is InChI=1S/C21H12Cl2N4OS/c22-14-5-1-12(2-6-14)18(28)11-29-21-17(10-25)19(16(9-24)20(26)27-21)13-3-7-15(23)8-4-13/h1-8H,11H2,(H2,26,27). The van der Waals surface area contributed by atoms with Crippen molar-refractivity contribution in [1.29, 1.82) is 10.5 Å². The van der Waals surface area contributed by atoms with Crippen LogP contribution in [0.25, 0.3) is 11.1 Å². The van der Waals surface area contributed by atoms with E-state index in [0.29, 0.717) is 26.7 Å². The van der Waals surface area contributed by atoms with Gasteiger partial charge in [-0.3, -0.25) is 4.79 Å². The highest BCUT2D eigenvalue weighted by Gasteiger charge is 2.21. The van der Waals surface area contributed by atoms with E-state index in [-0.39, 0.29) is 33.5 Å². The molecule has 1 heterocycles. The van der Waals surface area contributed by atoms with Crippen LogP contribution in [0.3, 0.4) is 0 Å². The van der Waals surface area contributed by atoms with Gasteiger partial charge in [-0.05, 0) is 42.0 Å². The average molecular weight is 439 g/mol. The van der Waals surface area contributed by atoms with Gasteiger partial charge in [0.1, 0.15) is 28.5 Å². The lowest BCUT2D eigenvalue weighted by Crippen LogP contribution is -2.06. The highest BCUT2D eigenvalue weighted by molar-refractivity contribution is 8.00. The number of aromatic nitrogens is 1. The molecule has 2 aromatic carbocycles. The third-order valence-electron chi connectivity index (χ3n) is 4.05. The lowest BCUT2D eigenvalue weighted by atomic mass is 9.97. The molecule has 3 aromatic rings. The average Bonchev–Trinajstić information content (AvgIpc) is 2.72. The predicted molar refractivity (Wildman–Crippen MR) is 115 cm³/mol. The van der Waals surface area contributed by atoms with E-state index in [0.717, 1.165) is 11.8 Å². The summed E-state index contributed by atoms with van der Waals surface area (Å²) in [6.45, 7) is 0. The highest BCUT2D eigenvalue weighted by Crippen LogP contribution is 2.36. The minimum absolute atomic E-state index is 0.00195. The first-order chi connectivity index (χ1) is 13.9. The predicted octanol–water partition coefficient (Wildman–Crippen LogP) is 5.36. The molecule has 0 bridgehead atoms. The van der Waals surface area contributed by atoms with E-state index in [2.05, 4.69) is 11.1 Å². The number of carbonyl (C=O) groups is 1. The van der Waals surface area contributed by atoms with Gasteiger partial charge in [-0.1, -0.05) is 47.1 Å². The zero-order chi connectivity index (χ0) is 21.0. The van der Waals surface area contributed by atoms with Gasteiger partial charge >= 0.3 is 0 Å². The maximum atomic E-state index is 12.5. The quantitative estimate of drug-likeness (QED) is 0.424. The molecule has 0 fully saturated rings. The molecule has 5 nitrogen and oxygen atoms in total. The maximum Gasteiger partial charge on any atom is 0.173 e. The number of hydrogen-bond donors (Lipinski definition) is 1. The molecule has 2 N–H and O–H groups in total. The molecule has 0 saturated heterocycles. The van der Waals surface area contributed by atoms with Gasteiger partial charge in [-0.2, -0.15) is 10.5 Å². The van der Waals surface area contributed by atoms with Crippen molar-refractivity contribution in [2.75, 3.05) is 11.5 Å². The van der Waals surface area contributed by atoms with Gasteiger partial charge < -0.3 is 5.73 Å². The zero-order valence-electron chi connectivity index (χ0n) is 14.8. The largest absolute Gasteiger partial charge is 0.383 e. The number of pyridine rings is 1. The molecule has 0 radical (unpaired) electrons. The van der Waals surface area contributed by atoms with Crippen molar-refractivity contribution < 1.29 is 4.79 Å². The minimum Gasteiger partial charge on any atom is -0.383 e. The molecule has 0 aliphatic carbocycles. The summed E-state index contributed by atoms with van der Waals surface area (Å²) >= 11 is 12.9. The Labute approximate surface area is 181 Å². The lowest BCUT2D eigenvalue weighted by molar-refractivity contribution is 0.102. The minimum atomic E-state index is -0.145. The van der Waals surface area contributed by atoms with E-state index in [1.165, 1.54) is 0 Å². The second-order valence-electron chi connectivity index (χ2n) is 5.88. The summed E-state index contributed by atoms with van der Waals surface area (Å²) in [4.78, 5) is 16.7. The fraction of sp³-hybridized carbons (Fsp3) is 0.0476. The Bertz CT molecular complexity index is 1160. The van der Waals surface area contributed by atoms with E-state index in [1.807, 2.05) is 6.07 Å². The first-order valence-corrected chi connectivity index (χ1v) is 10.00. The SMILES string of the molecule is N#Cc1c(N)nc(SCC(=O)c2ccc(Cl)cc2)c(C#N)c1-c1ccc(Cl)cc1. The van der Waals surface area contributed by atoms with Gasteiger partial charge in [0.2, 0.25) is 0 Å². The molecule has 0 unspecified atom stereocenters. The number of nitrogens with zero attached hydrogens (tertiary/aromatic N) is 3. The van der Waals surface area contributed by atoms with Crippen LogP contribution in [0.4, 0.5) is 5.82 Å². The van der Waals surface area contributed by atoms with Crippen LogP contribution in [0.5, 0.6) is 0 Å². The van der Waals surface area contributed by atoms with Crippen LogP contribution in [-0.4, -0.2) is 16.5 Å². The molecule has 0 saturated carbocycles. The molecule has 1 aromatic heterocycles. The first-order valence-electron chi connectivity index (χ1n) is 8.25. The van der Waals surface area contributed by atoms with E-state index < -0.39 is 0 Å². The Kier molecular flexibility index (Phi) is 6.41. The van der Waals surface area contributed by atoms with Gasteiger partial charge in [-0.25, -0.2) is 4.98 Å². The summed E-state index contributed by atoms with van der Waals surface area (Å²) in [5.41, 5.74) is 7.76. The summed E-state index contributed by atoms with van der Waals surface area (Å²) in [6, 6.07) is 17.4. The first kappa shape index (κ1) is 20.7. The Morgan fingerprint density at radius 3 is 2.07 bits per heavy atom. The molecular formula is C21H12Cl2N4OS. The number of Topliss-reactive ketones (excluding diaryl/α,β-unsaturated/α-hetero) is 1. The fourth-order valence-corrected chi connectivity index (χ4v) is 3.80. The second-order valence-corrected chi connectivity index (χ2v) is 7.71.